The van der Waals surface area contributed by atoms with E-state index in [2.05, 4.69) is 298 Å². The molecule has 0 amide bonds. The largest absolute Gasteiger partial charge is 0.310 e. The molecule has 1 unspecified atom stereocenters. The van der Waals surface area contributed by atoms with Gasteiger partial charge in [-0.2, -0.15) is 0 Å². The van der Waals surface area contributed by atoms with E-state index in [1.165, 1.54) is 115 Å². The fraction of sp³-hybridized carbons (Fsp3) is 0.103. The zero-order valence-electron chi connectivity index (χ0n) is 45.5. The molecule has 0 N–H and O–H groups in total. The second kappa shape index (κ2) is 17.5. The summed E-state index contributed by atoms with van der Waals surface area (Å²) in [7, 11) is 0. The van der Waals surface area contributed by atoms with Crippen LogP contribution in [0.3, 0.4) is 0 Å². The van der Waals surface area contributed by atoms with Gasteiger partial charge in [-0.15, -0.1) is 0 Å². The molecule has 3 aliphatic rings. The molecule has 0 heterocycles. The van der Waals surface area contributed by atoms with E-state index in [1.54, 1.807) is 0 Å². The normalized spacial score (nSPS) is 15.6. The van der Waals surface area contributed by atoms with Crippen LogP contribution in [0.1, 0.15) is 56.4 Å². The summed E-state index contributed by atoms with van der Waals surface area (Å²) in [4.78, 5) is 5.12. The van der Waals surface area contributed by atoms with Gasteiger partial charge in [0.1, 0.15) is 0 Å². The van der Waals surface area contributed by atoms with Crippen molar-refractivity contribution in [3.8, 4) is 33.4 Å². The maximum absolute atomic E-state index is 2.57. The summed E-state index contributed by atoms with van der Waals surface area (Å²) in [6, 6.07) is 91.9. The molecular formula is C78H58N2. The van der Waals surface area contributed by atoms with Crippen molar-refractivity contribution in [2.75, 3.05) is 9.80 Å². The molecule has 13 aromatic carbocycles. The molecule has 0 saturated heterocycles. The Morgan fingerprint density at radius 2 is 0.800 bits per heavy atom. The number of rotatable bonds is 8. The predicted octanol–water partition coefficient (Wildman–Crippen LogP) is 21.7. The quantitative estimate of drug-likeness (QED) is 0.140. The molecule has 1 atom stereocenters. The molecule has 0 saturated carbocycles. The van der Waals surface area contributed by atoms with Gasteiger partial charge in [0, 0.05) is 49.7 Å². The molecular weight excluding hydrogens is 965 g/mol. The Bertz CT molecular complexity index is 4750. The van der Waals surface area contributed by atoms with Crippen LogP contribution < -0.4 is 9.80 Å². The minimum absolute atomic E-state index is 0.0471. The molecule has 0 aliphatic heterocycles. The lowest BCUT2D eigenvalue weighted by Crippen LogP contribution is -2.24. The first-order chi connectivity index (χ1) is 39.2. The van der Waals surface area contributed by atoms with Gasteiger partial charge in [0.25, 0.3) is 0 Å². The standard InChI is InChI=1S/C78H58N2/c1-77(2)69-29-17-15-27-59(69)61-37-35-57(45-71(61)77)79(55-33-31-49-19-11-13-25-53(49)43-55)73-47-67(51-21-7-5-8-22-51)63-40-42-66-74(48-68(52-23-9-6-10-24-52)64-39-41-65(73)75(63)76(64)66)80(56-34-32-50-20-12-14-26-54(50)44-56)58-36-38-62-60-28-16-18-30-70(60)78(3,4)72(62)46-58/h5-29,31-48,70H,30H2,1-4H3. The van der Waals surface area contributed by atoms with Gasteiger partial charge in [-0.3, -0.25) is 0 Å². The molecule has 0 radical (unpaired) electrons. The highest BCUT2D eigenvalue weighted by atomic mass is 15.2. The average Bonchev–Trinajstić information content (AvgIpc) is 4.02. The molecule has 16 rings (SSSR count). The van der Waals surface area contributed by atoms with Crippen molar-refractivity contribution in [2.24, 2.45) is 5.92 Å². The second-order valence-corrected chi connectivity index (χ2v) is 23.6. The summed E-state index contributed by atoms with van der Waals surface area (Å²) in [5.74, 6) is 0.438. The predicted molar refractivity (Wildman–Crippen MR) is 341 cm³/mol. The molecule has 0 bridgehead atoms. The molecule has 0 aromatic heterocycles. The van der Waals surface area contributed by atoms with E-state index in [9.17, 15) is 0 Å². The van der Waals surface area contributed by atoms with Crippen molar-refractivity contribution < 1.29 is 0 Å². The first-order valence-corrected chi connectivity index (χ1v) is 28.4. The van der Waals surface area contributed by atoms with Crippen molar-refractivity contribution >= 4 is 93.6 Å². The Labute approximate surface area is 468 Å². The summed E-state index contributed by atoms with van der Waals surface area (Å²) >= 11 is 0. The average molecular weight is 1020 g/mol. The van der Waals surface area contributed by atoms with Crippen LogP contribution in [-0.4, -0.2) is 0 Å². The molecule has 13 aromatic rings. The van der Waals surface area contributed by atoms with Crippen LogP contribution in [0, 0.1) is 5.92 Å². The van der Waals surface area contributed by atoms with Gasteiger partial charge in [-0.1, -0.05) is 228 Å². The van der Waals surface area contributed by atoms with Crippen molar-refractivity contribution in [3.63, 3.8) is 0 Å². The van der Waals surface area contributed by atoms with Crippen LogP contribution in [0.2, 0.25) is 0 Å². The summed E-state index contributed by atoms with van der Waals surface area (Å²) in [6.45, 7) is 9.69. The summed E-state index contributed by atoms with van der Waals surface area (Å²) in [5, 5.41) is 12.2. The number of fused-ring (bicyclic) bond motifs is 8. The lowest BCUT2D eigenvalue weighted by Gasteiger charge is -2.32. The summed E-state index contributed by atoms with van der Waals surface area (Å²) < 4.78 is 0. The van der Waals surface area contributed by atoms with E-state index in [0.717, 1.165) is 40.5 Å². The van der Waals surface area contributed by atoms with Gasteiger partial charge >= 0.3 is 0 Å². The van der Waals surface area contributed by atoms with Crippen molar-refractivity contribution in [2.45, 2.75) is 44.9 Å². The monoisotopic (exact) mass is 1020 g/mol. The lowest BCUT2D eigenvalue weighted by molar-refractivity contribution is 0.415. The Hall–Kier alpha value is -9.50. The number of anilines is 6. The third-order valence-corrected chi connectivity index (χ3v) is 18.6. The smallest absolute Gasteiger partial charge is 0.0546 e. The molecule has 2 heteroatoms. The van der Waals surface area contributed by atoms with Crippen LogP contribution in [-0.2, 0) is 10.8 Å². The van der Waals surface area contributed by atoms with Gasteiger partial charge in [-0.05, 0) is 172 Å². The van der Waals surface area contributed by atoms with Crippen molar-refractivity contribution in [1.29, 1.82) is 0 Å². The summed E-state index contributed by atoms with van der Waals surface area (Å²) in [6.07, 6.45) is 8.01. The SMILES string of the molecule is CC1(C)c2ccccc2-c2ccc(N(c3ccc4ccccc4c3)c3cc(-c4ccccc4)c4ccc5c(N(c6ccc7c(c6)C(C)(C)C6CC=CC=C76)c6ccc7ccccc7c6)cc(-c6ccccc6)c6ccc3c4c65)cc21. The fourth-order valence-electron chi connectivity index (χ4n) is 14.6. The molecule has 0 spiro atoms. The fourth-order valence-corrected chi connectivity index (χ4v) is 14.6. The van der Waals surface area contributed by atoms with Gasteiger partial charge in [-0.25, -0.2) is 0 Å². The zero-order chi connectivity index (χ0) is 53.4. The van der Waals surface area contributed by atoms with Crippen LogP contribution in [0.4, 0.5) is 34.1 Å². The van der Waals surface area contributed by atoms with Gasteiger partial charge < -0.3 is 9.80 Å². The van der Waals surface area contributed by atoms with Crippen LogP contribution in [0.5, 0.6) is 0 Å². The van der Waals surface area contributed by atoms with E-state index in [1.807, 2.05) is 0 Å². The molecule has 3 aliphatic carbocycles. The highest BCUT2D eigenvalue weighted by Gasteiger charge is 2.43. The van der Waals surface area contributed by atoms with Crippen LogP contribution in [0.25, 0.3) is 92.8 Å². The van der Waals surface area contributed by atoms with E-state index in [0.29, 0.717) is 5.92 Å². The van der Waals surface area contributed by atoms with Gasteiger partial charge in [0.15, 0.2) is 0 Å². The highest BCUT2D eigenvalue weighted by molar-refractivity contribution is 6.32. The second-order valence-electron chi connectivity index (χ2n) is 23.6. The van der Waals surface area contributed by atoms with Gasteiger partial charge in [0.05, 0.1) is 11.4 Å². The molecule has 80 heavy (non-hydrogen) atoms. The number of benzene rings is 13. The van der Waals surface area contributed by atoms with Crippen molar-refractivity contribution in [1.82, 2.24) is 0 Å². The minimum Gasteiger partial charge on any atom is -0.310 e. The van der Waals surface area contributed by atoms with Crippen LogP contribution >= 0.6 is 0 Å². The summed E-state index contributed by atoms with van der Waals surface area (Å²) in [5.41, 5.74) is 21.0. The molecule has 2 nitrogen and oxygen atoms in total. The Morgan fingerprint density at radius 3 is 1.38 bits per heavy atom. The molecule has 0 fully saturated rings. The maximum atomic E-state index is 2.57. The lowest BCUT2D eigenvalue weighted by atomic mass is 9.74. The third kappa shape index (κ3) is 6.91. The maximum Gasteiger partial charge on any atom is 0.0546 e. The van der Waals surface area contributed by atoms with Crippen molar-refractivity contribution in [3.05, 3.63) is 283 Å². The van der Waals surface area contributed by atoms with E-state index < -0.39 is 0 Å². The van der Waals surface area contributed by atoms with E-state index >= 15 is 0 Å². The van der Waals surface area contributed by atoms with Crippen LogP contribution in [0.15, 0.2) is 261 Å². The van der Waals surface area contributed by atoms with E-state index in [4.69, 9.17) is 0 Å². The number of hydrogen-bond donors (Lipinski definition) is 0. The third-order valence-electron chi connectivity index (χ3n) is 18.6. The van der Waals surface area contributed by atoms with Gasteiger partial charge in [0.2, 0.25) is 0 Å². The zero-order valence-corrected chi connectivity index (χ0v) is 45.5. The van der Waals surface area contributed by atoms with E-state index in [-0.39, 0.29) is 10.8 Å². The highest BCUT2D eigenvalue weighted by Crippen LogP contribution is 2.57. The Balaban J connectivity index is 1.02. The Morgan fingerprint density at radius 1 is 0.350 bits per heavy atom. The Kier molecular flexibility index (Phi) is 10.2. The first kappa shape index (κ1) is 46.6. The molecule has 380 valence electrons. The number of hydrogen-bond acceptors (Lipinski definition) is 2. The minimum atomic E-state index is -0.183. The number of allylic oxidation sites excluding steroid dienone is 4. The first-order valence-electron chi connectivity index (χ1n) is 28.4. The topological polar surface area (TPSA) is 6.48 Å². The number of nitrogens with zero attached hydrogens (tertiary/aromatic N) is 2.